The standard InChI is InChI=1S/C22H25N/c1-2-6-18(7-3-1)12-14-23-15-13-20-11-10-19-8-4-5-9-21(19)16-22(20)17-23/h1-11,20,22H,12-17H2/t20-,22-/m1/s1. The van der Waals surface area contributed by atoms with E-state index in [0.717, 1.165) is 11.8 Å². The maximum atomic E-state index is 2.68. The predicted molar refractivity (Wildman–Crippen MR) is 97.4 cm³/mol. The summed E-state index contributed by atoms with van der Waals surface area (Å²) in [7, 11) is 0. The Morgan fingerprint density at radius 1 is 0.957 bits per heavy atom. The maximum Gasteiger partial charge on any atom is 0.00219 e. The first-order valence-corrected chi connectivity index (χ1v) is 8.91. The summed E-state index contributed by atoms with van der Waals surface area (Å²) in [5.74, 6) is 1.54. The van der Waals surface area contributed by atoms with Crippen LogP contribution in [0.2, 0.25) is 0 Å². The van der Waals surface area contributed by atoms with E-state index in [1.54, 1.807) is 0 Å². The number of hydrogen-bond donors (Lipinski definition) is 0. The molecule has 0 amide bonds. The highest BCUT2D eigenvalue weighted by atomic mass is 15.1. The number of fused-ring (bicyclic) bond motifs is 2. The van der Waals surface area contributed by atoms with Gasteiger partial charge in [-0.3, -0.25) is 0 Å². The van der Waals surface area contributed by atoms with Gasteiger partial charge in [0.05, 0.1) is 0 Å². The minimum atomic E-state index is 0.760. The van der Waals surface area contributed by atoms with Gasteiger partial charge in [-0.2, -0.15) is 0 Å². The van der Waals surface area contributed by atoms with E-state index in [0.29, 0.717) is 0 Å². The summed E-state index contributed by atoms with van der Waals surface area (Å²) in [6.45, 7) is 3.68. The first-order valence-electron chi connectivity index (χ1n) is 8.91. The topological polar surface area (TPSA) is 3.24 Å². The van der Waals surface area contributed by atoms with Gasteiger partial charge in [-0.25, -0.2) is 0 Å². The molecule has 1 heterocycles. The summed E-state index contributed by atoms with van der Waals surface area (Å²) in [5.41, 5.74) is 4.42. The van der Waals surface area contributed by atoms with E-state index < -0.39 is 0 Å². The van der Waals surface area contributed by atoms with Crippen molar-refractivity contribution in [1.29, 1.82) is 0 Å². The maximum absolute atomic E-state index is 2.68. The molecule has 2 aromatic rings. The SMILES string of the molecule is C1=C[C@@H]2CCN(CCc3ccccc3)C[C@H]2Cc2ccccc21. The van der Waals surface area contributed by atoms with Crippen molar-refractivity contribution in [2.24, 2.45) is 11.8 Å². The Balaban J connectivity index is 1.41. The first-order chi connectivity index (χ1) is 11.4. The molecule has 0 aromatic heterocycles. The van der Waals surface area contributed by atoms with Crippen LogP contribution in [0.15, 0.2) is 60.7 Å². The van der Waals surface area contributed by atoms with Gasteiger partial charge in [0, 0.05) is 13.1 Å². The second-order valence-electron chi connectivity index (χ2n) is 7.01. The summed E-state index contributed by atoms with van der Waals surface area (Å²) >= 11 is 0. The lowest BCUT2D eigenvalue weighted by atomic mass is 9.82. The molecule has 2 aliphatic rings. The molecule has 0 spiro atoms. The zero-order valence-corrected chi connectivity index (χ0v) is 13.7. The number of hydrogen-bond acceptors (Lipinski definition) is 1. The zero-order chi connectivity index (χ0) is 15.5. The van der Waals surface area contributed by atoms with Crippen LogP contribution in [0.4, 0.5) is 0 Å². The van der Waals surface area contributed by atoms with Crippen molar-refractivity contribution >= 4 is 6.08 Å². The molecule has 2 atom stereocenters. The molecule has 0 radical (unpaired) electrons. The van der Waals surface area contributed by atoms with Crippen molar-refractivity contribution in [2.75, 3.05) is 19.6 Å². The highest BCUT2D eigenvalue weighted by molar-refractivity contribution is 5.55. The van der Waals surface area contributed by atoms with E-state index in [-0.39, 0.29) is 0 Å². The van der Waals surface area contributed by atoms with Crippen LogP contribution in [0.25, 0.3) is 6.08 Å². The van der Waals surface area contributed by atoms with Crippen LogP contribution in [0.1, 0.15) is 23.1 Å². The molecular formula is C22H25N. The summed E-state index contributed by atoms with van der Waals surface area (Å²) in [4.78, 5) is 2.68. The number of benzene rings is 2. The van der Waals surface area contributed by atoms with Gasteiger partial charge in [-0.1, -0.05) is 66.7 Å². The van der Waals surface area contributed by atoms with E-state index in [2.05, 4.69) is 71.6 Å². The van der Waals surface area contributed by atoms with Gasteiger partial charge in [0.2, 0.25) is 0 Å². The van der Waals surface area contributed by atoms with E-state index in [4.69, 9.17) is 0 Å². The van der Waals surface area contributed by atoms with E-state index in [1.807, 2.05) is 0 Å². The van der Waals surface area contributed by atoms with Crippen LogP contribution >= 0.6 is 0 Å². The largest absolute Gasteiger partial charge is 0.303 e. The Labute approximate surface area is 139 Å². The molecule has 1 fully saturated rings. The lowest BCUT2D eigenvalue weighted by Gasteiger charge is -2.37. The Kier molecular flexibility index (Phi) is 4.30. The molecule has 0 bridgehead atoms. The third kappa shape index (κ3) is 3.40. The molecular weight excluding hydrogens is 278 g/mol. The molecule has 1 saturated heterocycles. The monoisotopic (exact) mass is 303 g/mol. The Morgan fingerprint density at radius 3 is 2.70 bits per heavy atom. The third-order valence-corrected chi connectivity index (χ3v) is 5.50. The molecule has 0 unspecified atom stereocenters. The van der Waals surface area contributed by atoms with Crippen LogP contribution in [-0.2, 0) is 12.8 Å². The van der Waals surface area contributed by atoms with Crippen LogP contribution in [0.3, 0.4) is 0 Å². The van der Waals surface area contributed by atoms with E-state index in [1.165, 1.54) is 55.6 Å². The van der Waals surface area contributed by atoms with Crippen molar-refractivity contribution in [1.82, 2.24) is 4.90 Å². The minimum absolute atomic E-state index is 0.760. The van der Waals surface area contributed by atoms with Crippen molar-refractivity contribution in [3.63, 3.8) is 0 Å². The molecule has 2 aromatic carbocycles. The molecule has 4 rings (SSSR count). The number of piperidine rings is 1. The van der Waals surface area contributed by atoms with Crippen molar-refractivity contribution in [2.45, 2.75) is 19.3 Å². The second kappa shape index (κ2) is 6.72. The smallest absolute Gasteiger partial charge is 0.00219 e. The zero-order valence-electron chi connectivity index (χ0n) is 13.7. The van der Waals surface area contributed by atoms with Crippen LogP contribution in [-0.4, -0.2) is 24.5 Å². The average molecular weight is 303 g/mol. The summed E-state index contributed by atoms with van der Waals surface area (Å²) in [5, 5.41) is 0. The Bertz CT molecular complexity index is 673. The second-order valence-corrected chi connectivity index (χ2v) is 7.01. The van der Waals surface area contributed by atoms with Gasteiger partial charge in [-0.15, -0.1) is 0 Å². The highest BCUT2D eigenvalue weighted by Crippen LogP contribution is 2.32. The molecule has 118 valence electrons. The third-order valence-electron chi connectivity index (χ3n) is 5.50. The van der Waals surface area contributed by atoms with Crippen molar-refractivity contribution in [3.8, 4) is 0 Å². The van der Waals surface area contributed by atoms with Crippen LogP contribution in [0.5, 0.6) is 0 Å². The van der Waals surface area contributed by atoms with Crippen molar-refractivity contribution in [3.05, 3.63) is 77.4 Å². The van der Waals surface area contributed by atoms with Gasteiger partial charge in [0.25, 0.3) is 0 Å². The fourth-order valence-corrected chi connectivity index (χ4v) is 4.12. The number of rotatable bonds is 3. The fraction of sp³-hybridized carbons (Fsp3) is 0.364. The van der Waals surface area contributed by atoms with Crippen LogP contribution < -0.4 is 0 Å². The number of nitrogens with zero attached hydrogens (tertiary/aromatic N) is 1. The summed E-state index contributed by atoms with van der Waals surface area (Å²) in [6.07, 6.45) is 8.55. The lowest BCUT2D eigenvalue weighted by Crippen LogP contribution is -2.41. The molecule has 1 heteroatoms. The van der Waals surface area contributed by atoms with E-state index in [9.17, 15) is 0 Å². The van der Waals surface area contributed by atoms with Gasteiger partial charge in [0.15, 0.2) is 0 Å². The Morgan fingerprint density at radius 2 is 1.78 bits per heavy atom. The van der Waals surface area contributed by atoms with Gasteiger partial charge in [0.1, 0.15) is 0 Å². The number of allylic oxidation sites excluding steroid dienone is 1. The quantitative estimate of drug-likeness (QED) is 0.810. The average Bonchev–Trinajstić information content (AvgIpc) is 2.79. The predicted octanol–water partition coefficient (Wildman–Crippen LogP) is 4.44. The molecule has 0 saturated carbocycles. The van der Waals surface area contributed by atoms with Gasteiger partial charge in [-0.05, 0) is 54.3 Å². The minimum Gasteiger partial charge on any atom is -0.303 e. The number of likely N-dealkylation sites (tertiary alicyclic amines) is 1. The van der Waals surface area contributed by atoms with E-state index >= 15 is 0 Å². The van der Waals surface area contributed by atoms with Gasteiger partial charge >= 0.3 is 0 Å². The highest BCUT2D eigenvalue weighted by Gasteiger charge is 2.29. The first kappa shape index (κ1) is 14.7. The van der Waals surface area contributed by atoms with Gasteiger partial charge < -0.3 is 4.90 Å². The molecule has 23 heavy (non-hydrogen) atoms. The lowest BCUT2D eigenvalue weighted by molar-refractivity contribution is 0.143. The van der Waals surface area contributed by atoms with Crippen molar-refractivity contribution < 1.29 is 0 Å². The normalized spacial score (nSPS) is 23.8. The Hall–Kier alpha value is -1.86. The summed E-state index contributed by atoms with van der Waals surface area (Å²) in [6, 6.07) is 19.8. The molecule has 1 nitrogen and oxygen atoms in total. The molecule has 0 N–H and O–H groups in total. The molecule has 1 aliphatic carbocycles. The summed E-state index contributed by atoms with van der Waals surface area (Å²) < 4.78 is 0. The molecule has 1 aliphatic heterocycles. The van der Waals surface area contributed by atoms with Crippen LogP contribution in [0, 0.1) is 11.8 Å². The fourth-order valence-electron chi connectivity index (χ4n) is 4.12.